The molecule has 0 amide bonds. The first-order valence-corrected chi connectivity index (χ1v) is 7.81. The van der Waals surface area contributed by atoms with E-state index in [1.165, 1.54) is 0 Å². The van der Waals surface area contributed by atoms with Crippen LogP contribution in [0.25, 0.3) is 0 Å². The predicted molar refractivity (Wildman–Crippen MR) is 84.4 cm³/mol. The number of ether oxygens (including phenoxy) is 4. The van der Waals surface area contributed by atoms with Gasteiger partial charge in [0, 0.05) is 25.3 Å². The van der Waals surface area contributed by atoms with Gasteiger partial charge in [-0.1, -0.05) is 0 Å². The Bertz CT molecular complexity index is 206. The van der Waals surface area contributed by atoms with Crippen molar-refractivity contribution in [1.29, 1.82) is 0 Å². The molecule has 0 aromatic carbocycles. The average molecular weight is 306 g/mol. The fourth-order valence-electron chi connectivity index (χ4n) is 1.49. The van der Waals surface area contributed by atoms with Crippen LogP contribution in [0.15, 0.2) is 0 Å². The molecule has 128 valence electrons. The normalized spacial score (nSPS) is 17.4. The third-order valence-corrected chi connectivity index (χ3v) is 2.57. The molecule has 0 fully saturated rings. The minimum absolute atomic E-state index is 0.0623. The molecule has 0 radical (unpaired) electrons. The lowest BCUT2D eigenvalue weighted by Crippen LogP contribution is -2.27. The summed E-state index contributed by atoms with van der Waals surface area (Å²) in [4.78, 5) is 0. The monoisotopic (exact) mass is 306 g/mol. The fourth-order valence-corrected chi connectivity index (χ4v) is 1.49. The maximum absolute atomic E-state index is 5.61. The molecule has 0 bridgehead atoms. The molecule has 4 atom stereocenters. The second-order valence-corrected chi connectivity index (χ2v) is 5.75. The molecule has 0 heterocycles. The van der Waals surface area contributed by atoms with Crippen molar-refractivity contribution in [1.82, 2.24) is 0 Å². The molecule has 0 aliphatic heterocycles. The van der Waals surface area contributed by atoms with Crippen molar-refractivity contribution >= 4 is 0 Å². The van der Waals surface area contributed by atoms with E-state index in [0.29, 0.717) is 39.6 Å². The molecule has 0 saturated heterocycles. The molecule has 0 aromatic heterocycles. The van der Waals surface area contributed by atoms with Gasteiger partial charge < -0.3 is 30.4 Å². The van der Waals surface area contributed by atoms with E-state index in [-0.39, 0.29) is 24.3 Å². The second-order valence-electron chi connectivity index (χ2n) is 5.75. The van der Waals surface area contributed by atoms with Gasteiger partial charge in [-0.2, -0.15) is 0 Å². The highest BCUT2D eigenvalue weighted by Gasteiger charge is 2.05. The Morgan fingerprint density at radius 2 is 1.05 bits per heavy atom. The summed E-state index contributed by atoms with van der Waals surface area (Å²) in [7, 11) is 0. The standard InChI is InChI=1S/C15H34N2O4/c1-12(16)8-20-14(3)10-18-6-5-7-19-11-15(4)21-9-13(2)17/h12-15H,5-11,16-17H2,1-4H3. The number of hydrogen-bond acceptors (Lipinski definition) is 6. The zero-order valence-corrected chi connectivity index (χ0v) is 14.0. The van der Waals surface area contributed by atoms with E-state index in [9.17, 15) is 0 Å². The second kappa shape index (κ2) is 13.4. The summed E-state index contributed by atoms with van der Waals surface area (Å²) in [6, 6.07) is 0.125. The van der Waals surface area contributed by atoms with Crippen LogP contribution in [0.5, 0.6) is 0 Å². The first kappa shape index (κ1) is 20.8. The van der Waals surface area contributed by atoms with E-state index in [2.05, 4.69) is 0 Å². The molecule has 6 nitrogen and oxygen atoms in total. The third-order valence-electron chi connectivity index (χ3n) is 2.57. The maximum Gasteiger partial charge on any atom is 0.0781 e. The van der Waals surface area contributed by atoms with Crippen molar-refractivity contribution in [2.45, 2.75) is 58.4 Å². The molecular formula is C15H34N2O4. The highest BCUT2D eigenvalue weighted by Crippen LogP contribution is 1.97. The molecule has 0 aromatic rings. The Morgan fingerprint density at radius 1 is 0.667 bits per heavy atom. The highest BCUT2D eigenvalue weighted by molar-refractivity contribution is 4.55. The van der Waals surface area contributed by atoms with Crippen LogP contribution in [0, 0.1) is 0 Å². The van der Waals surface area contributed by atoms with Gasteiger partial charge in [0.25, 0.3) is 0 Å². The van der Waals surface area contributed by atoms with Crippen molar-refractivity contribution in [3.05, 3.63) is 0 Å². The van der Waals surface area contributed by atoms with Crippen molar-refractivity contribution in [3.8, 4) is 0 Å². The summed E-state index contributed by atoms with van der Waals surface area (Å²) >= 11 is 0. The van der Waals surface area contributed by atoms with Gasteiger partial charge in [0.15, 0.2) is 0 Å². The SMILES string of the molecule is CC(N)COC(C)COCCCOCC(C)OCC(C)N. The van der Waals surface area contributed by atoms with Crippen LogP contribution in [0.4, 0.5) is 0 Å². The van der Waals surface area contributed by atoms with Gasteiger partial charge in [0.2, 0.25) is 0 Å². The summed E-state index contributed by atoms with van der Waals surface area (Å²) in [5.41, 5.74) is 11.2. The third kappa shape index (κ3) is 16.0. The van der Waals surface area contributed by atoms with E-state index >= 15 is 0 Å². The lowest BCUT2D eigenvalue weighted by molar-refractivity contribution is -0.0273. The zero-order valence-electron chi connectivity index (χ0n) is 14.0. The van der Waals surface area contributed by atoms with E-state index in [1.807, 2.05) is 27.7 Å². The Labute approximate surface area is 129 Å². The van der Waals surface area contributed by atoms with Crippen molar-refractivity contribution < 1.29 is 18.9 Å². The Hall–Kier alpha value is -0.240. The molecule has 0 aliphatic carbocycles. The van der Waals surface area contributed by atoms with E-state index in [0.717, 1.165) is 6.42 Å². The maximum atomic E-state index is 5.61. The van der Waals surface area contributed by atoms with Gasteiger partial charge >= 0.3 is 0 Å². The van der Waals surface area contributed by atoms with Crippen LogP contribution in [0.3, 0.4) is 0 Å². The topological polar surface area (TPSA) is 89.0 Å². The van der Waals surface area contributed by atoms with Gasteiger partial charge in [-0.15, -0.1) is 0 Å². The molecule has 0 spiro atoms. The van der Waals surface area contributed by atoms with Crippen molar-refractivity contribution in [3.63, 3.8) is 0 Å². The van der Waals surface area contributed by atoms with Gasteiger partial charge in [0.05, 0.1) is 38.6 Å². The Morgan fingerprint density at radius 3 is 1.38 bits per heavy atom. The molecule has 0 saturated carbocycles. The van der Waals surface area contributed by atoms with E-state index < -0.39 is 0 Å². The summed E-state index contributed by atoms with van der Waals surface area (Å²) in [5.74, 6) is 0. The van der Waals surface area contributed by atoms with Crippen molar-refractivity contribution in [2.24, 2.45) is 11.5 Å². The molecule has 4 unspecified atom stereocenters. The van der Waals surface area contributed by atoms with Crippen LogP contribution < -0.4 is 11.5 Å². The smallest absolute Gasteiger partial charge is 0.0781 e. The molecule has 0 rings (SSSR count). The van der Waals surface area contributed by atoms with Crippen LogP contribution in [-0.4, -0.2) is 63.9 Å². The number of hydrogen-bond donors (Lipinski definition) is 2. The van der Waals surface area contributed by atoms with Gasteiger partial charge in [-0.05, 0) is 34.1 Å². The van der Waals surface area contributed by atoms with E-state index in [4.69, 9.17) is 30.4 Å². The quantitative estimate of drug-likeness (QED) is 0.464. The van der Waals surface area contributed by atoms with Crippen LogP contribution in [-0.2, 0) is 18.9 Å². The molecule has 6 heteroatoms. The van der Waals surface area contributed by atoms with Crippen LogP contribution in [0.1, 0.15) is 34.1 Å². The summed E-state index contributed by atoms with van der Waals surface area (Å²) in [6.45, 7) is 11.4. The highest BCUT2D eigenvalue weighted by atomic mass is 16.5. The number of rotatable bonds is 14. The van der Waals surface area contributed by atoms with Gasteiger partial charge in [0.1, 0.15) is 0 Å². The molecule has 4 N–H and O–H groups in total. The Kier molecular flexibility index (Phi) is 13.3. The first-order valence-electron chi connectivity index (χ1n) is 7.81. The lowest BCUT2D eigenvalue weighted by Gasteiger charge is -2.16. The fraction of sp³-hybridized carbons (Fsp3) is 1.00. The minimum Gasteiger partial charge on any atom is -0.379 e. The first-order chi connectivity index (χ1) is 9.91. The summed E-state index contributed by atoms with van der Waals surface area (Å²) in [5, 5.41) is 0. The number of nitrogens with two attached hydrogens (primary N) is 2. The van der Waals surface area contributed by atoms with E-state index in [1.54, 1.807) is 0 Å². The lowest BCUT2D eigenvalue weighted by atomic mass is 10.4. The van der Waals surface area contributed by atoms with Crippen molar-refractivity contribution in [2.75, 3.05) is 39.6 Å². The Balaban J connectivity index is 3.28. The largest absolute Gasteiger partial charge is 0.379 e. The molecule has 0 aliphatic rings. The minimum atomic E-state index is 0.0623. The summed E-state index contributed by atoms with van der Waals surface area (Å²) < 4.78 is 22.0. The molecule has 21 heavy (non-hydrogen) atoms. The average Bonchev–Trinajstić information content (AvgIpc) is 2.41. The summed E-state index contributed by atoms with van der Waals surface area (Å²) in [6.07, 6.45) is 1.01. The van der Waals surface area contributed by atoms with Crippen LogP contribution in [0.2, 0.25) is 0 Å². The zero-order chi connectivity index (χ0) is 16.1. The molecular weight excluding hydrogens is 272 g/mol. The predicted octanol–water partition coefficient (Wildman–Crippen LogP) is 0.914. The van der Waals surface area contributed by atoms with Gasteiger partial charge in [-0.25, -0.2) is 0 Å². The van der Waals surface area contributed by atoms with Crippen LogP contribution >= 0.6 is 0 Å². The van der Waals surface area contributed by atoms with Gasteiger partial charge in [-0.3, -0.25) is 0 Å².